The van der Waals surface area contributed by atoms with Gasteiger partial charge in [0.25, 0.3) is 0 Å². The third-order valence-corrected chi connectivity index (χ3v) is 6.70. The molecule has 1 N–H and O–H groups in total. The number of alkyl halides is 3. The van der Waals surface area contributed by atoms with Crippen molar-refractivity contribution in [1.29, 1.82) is 0 Å². The van der Waals surface area contributed by atoms with Crippen molar-refractivity contribution in [2.24, 2.45) is 0 Å². The van der Waals surface area contributed by atoms with E-state index in [1.807, 2.05) is 12.1 Å². The van der Waals surface area contributed by atoms with Crippen LogP contribution in [0, 0.1) is 0 Å². The fourth-order valence-electron chi connectivity index (χ4n) is 3.56. The van der Waals surface area contributed by atoms with Crippen LogP contribution in [0.2, 0.25) is 5.02 Å². The smallest absolute Gasteiger partial charge is 0.339 e. The van der Waals surface area contributed by atoms with Crippen LogP contribution in [0.25, 0.3) is 27.7 Å². The van der Waals surface area contributed by atoms with Crippen molar-refractivity contribution in [3.63, 3.8) is 0 Å². The number of aromatic nitrogens is 2. The highest BCUT2D eigenvalue weighted by Gasteiger charge is 2.33. The van der Waals surface area contributed by atoms with Gasteiger partial charge in [0.15, 0.2) is 0 Å². The number of halogens is 4. The van der Waals surface area contributed by atoms with Gasteiger partial charge in [-0.15, -0.1) is 0 Å². The van der Waals surface area contributed by atoms with Crippen LogP contribution in [0.4, 0.5) is 13.2 Å². The van der Waals surface area contributed by atoms with Gasteiger partial charge in [0.1, 0.15) is 5.65 Å². The summed E-state index contributed by atoms with van der Waals surface area (Å²) in [6.45, 7) is 0.641. The third-order valence-electron chi connectivity index (χ3n) is 5.10. The Morgan fingerprint density at radius 2 is 1.97 bits per heavy atom. The molecule has 1 aliphatic heterocycles. The lowest BCUT2D eigenvalue weighted by Crippen LogP contribution is -2.33. The van der Waals surface area contributed by atoms with Gasteiger partial charge in [-0.3, -0.25) is 0 Å². The average Bonchev–Trinajstić information content (AvgIpc) is 3.11. The Bertz CT molecular complexity index is 1270. The van der Waals surface area contributed by atoms with Crippen molar-refractivity contribution < 1.29 is 21.6 Å². The number of sulfonamides is 1. The first kappa shape index (κ1) is 20.9. The first-order valence-corrected chi connectivity index (χ1v) is 11.3. The number of hydrogen-bond donors (Lipinski definition) is 1. The van der Waals surface area contributed by atoms with Gasteiger partial charge in [0.05, 0.1) is 16.8 Å². The zero-order chi connectivity index (χ0) is 21.7. The molecular weight excluding hydrogens is 439 g/mol. The molecule has 0 unspecified atom stereocenters. The molecule has 3 heterocycles. The molecule has 0 saturated heterocycles. The molecule has 0 saturated carbocycles. The summed E-state index contributed by atoms with van der Waals surface area (Å²) in [6, 6.07) is 7.31. The average molecular weight is 456 g/mol. The molecule has 3 aromatic rings. The van der Waals surface area contributed by atoms with Crippen LogP contribution in [0.1, 0.15) is 17.7 Å². The van der Waals surface area contributed by atoms with E-state index in [0.29, 0.717) is 35.1 Å². The van der Waals surface area contributed by atoms with E-state index in [2.05, 4.69) is 9.97 Å². The van der Waals surface area contributed by atoms with Crippen LogP contribution in [-0.2, 0) is 16.2 Å². The highest BCUT2D eigenvalue weighted by Crippen LogP contribution is 2.39. The minimum atomic E-state index is -4.55. The monoisotopic (exact) mass is 455 g/mol. The summed E-state index contributed by atoms with van der Waals surface area (Å²) in [5.74, 6) is 0. The van der Waals surface area contributed by atoms with E-state index in [-0.39, 0.29) is 11.6 Å². The zero-order valence-corrected chi connectivity index (χ0v) is 17.4. The van der Waals surface area contributed by atoms with E-state index < -0.39 is 21.8 Å². The molecule has 10 heteroatoms. The molecular formula is C20H17ClF3N3O2S. The van der Waals surface area contributed by atoms with Gasteiger partial charge in [0.2, 0.25) is 10.0 Å². The molecule has 4 rings (SSSR count). The molecule has 1 aliphatic rings. The molecule has 158 valence electrons. The highest BCUT2D eigenvalue weighted by molar-refractivity contribution is 7.88. The number of nitrogens with zero attached hydrogens (tertiary/aromatic N) is 2. The molecule has 0 fully saturated rings. The second-order valence-electron chi connectivity index (χ2n) is 7.10. The molecule has 30 heavy (non-hydrogen) atoms. The maximum atomic E-state index is 13.3. The molecule has 0 amide bonds. The number of nitrogens with one attached hydrogen (secondary N) is 1. The summed E-state index contributed by atoms with van der Waals surface area (Å²) in [5.41, 5.74) is 2.33. The standard InChI is InChI=1S/C20H17ClF3N3O2S/c1-30(28,29)27-8-5-12(6-9-27)18-11-15-14(4-7-25-19(15)26-18)13-2-3-17(21)16(10-13)20(22,23)24/h2-5,7,10-11H,6,8-9H2,1H3,(H,25,26). The number of H-pyrrole nitrogens is 1. The topological polar surface area (TPSA) is 66.1 Å². The third kappa shape index (κ3) is 3.97. The number of benzene rings is 1. The second kappa shape index (κ2) is 7.40. The maximum Gasteiger partial charge on any atom is 0.417 e. The summed E-state index contributed by atoms with van der Waals surface area (Å²) in [7, 11) is -3.26. The number of aromatic amines is 1. The van der Waals surface area contributed by atoms with Gasteiger partial charge in [-0.1, -0.05) is 23.7 Å². The van der Waals surface area contributed by atoms with Crippen molar-refractivity contribution in [3.05, 3.63) is 58.9 Å². The van der Waals surface area contributed by atoms with Crippen molar-refractivity contribution in [1.82, 2.24) is 14.3 Å². The van der Waals surface area contributed by atoms with E-state index >= 15 is 0 Å². The molecule has 1 aromatic carbocycles. The fraction of sp³-hybridized carbons (Fsp3) is 0.250. The normalized spacial score (nSPS) is 16.1. The fourth-order valence-corrected chi connectivity index (χ4v) is 4.55. The molecule has 0 bridgehead atoms. The van der Waals surface area contributed by atoms with Crippen LogP contribution in [0.5, 0.6) is 0 Å². The van der Waals surface area contributed by atoms with E-state index in [9.17, 15) is 21.6 Å². The second-order valence-corrected chi connectivity index (χ2v) is 9.49. The number of hydrogen-bond acceptors (Lipinski definition) is 3. The minimum absolute atomic E-state index is 0.274. The lowest BCUT2D eigenvalue weighted by Gasteiger charge is -2.23. The number of pyridine rings is 1. The summed E-state index contributed by atoms with van der Waals surface area (Å²) in [5, 5.41) is 0.323. The Morgan fingerprint density at radius 3 is 2.60 bits per heavy atom. The molecule has 0 spiro atoms. The van der Waals surface area contributed by atoms with Gasteiger partial charge in [-0.2, -0.15) is 17.5 Å². The van der Waals surface area contributed by atoms with Gasteiger partial charge < -0.3 is 4.98 Å². The predicted molar refractivity (Wildman–Crippen MR) is 111 cm³/mol. The van der Waals surface area contributed by atoms with E-state index in [1.54, 1.807) is 12.1 Å². The summed E-state index contributed by atoms with van der Waals surface area (Å²) in [6.07, 6.45) is 0.501. The van der Waals surface area contributed by atoms with E-state index in [0.717, 1.165) is 17.3 Å². The minimum Gasteiger partial charge on any atom is -0.339 e. The van der Waals surface area contributed by atoms with Crippen LogP contribution in [-0.4, -0.2) is 42.0 Å². The Kier molecular flexibility index (Phi) is 5.16. The van der Waals surface area contributed by atoms with Crippen LogP contribution in [0.15, 0.2) is 42.6 Å². The predicted octanol–water partition coefficient (Wildman–Crippen LogP) is 4.95. The van der Waals surface area contributed by atoms with Crippen LogP contribution < -0.4 is 0 Å². The lowest BCUT2D eigenvalue weighted by molar-refractivity contribution is -0.137. The Morgan fingerprint density at radius 1 is 1.20 bits per heavy atom. The van der Waals surface area contributed by atoms with Gasteiger partial charge in [-0.05, 0) is 47.4 Å². The number of rotatable bonds is 3. The molecule has 0 radical (unpaired) electrons. The molecule has 0 atom stereocenters. The van der Waals surface area contributed by atoms with Crippen molar-refractivity contribution in [3.8, 4) is 11.1 Å². The largest absolute Gasteiger partial charge is 0.417 e. The first-order chi connectivity index (χ1) is 14.0. The van der Waals surface area contributed by atoms with Crippen molar-refractivity contribution in [2.75, 3.05) is 19.3 Å². The summed E-state index contributed by atoms with van der Waals surface area (Å²) in [4.78, 5) is 7.48. The lowest BCUT2D eigenvalue weighted by atomic mass is 10.00. The van der Waals surface area contributed by atoms with E-state index in [4.69, 9.17) is 11.6 Å². The molecule has 2 aromatic heterocycles. The SMILES string of the molecule is CS(=O)(=O)N1CC=C(c2cc3c(-c4ccc(Cl)c(C(F)(F)F)c4)ccnc3[nH]2)CC1. The van der Waals surface area contributed by atoms with Gasteiger partial charge in [0, 0.05) is 30.4 Å². The van der Waals surface area contributed by atoms with Crippen molar-refractivity contribution >= 4 is 38.2 Å². The Hall–Kier alpha value is -2.36. The molecule has 0 aliphatic carbocycles. The Balaban J connectivity index is 1.75. The quantitative estimate of drug-likeness (QED) is 0.607. The maximum absolute atomic E-state index is 13.3. The van der Waals surface area contributed by atoms with E-state index in [1.165, 1.54) is 22.8 Å². The number of fused-ring (bicyclic) bond motifs is 1. The van der Waals surface area contributed by atoms with Gasteiger partial charge in [-0.25, -0.2) is 13.4 Å². The molecule has 5 nitrogen and oxygen atoms in total. The van der Waals surface area contributed by atoms with Gasteiger partial charge >= 0.3 is 6.18 Å². The first-order valence-electron chi connectivity index (χ1n) is 9.03. The van der Waals surface area contributed by atoms with Crippen LogP contribution in [0.3, 0.4) is 0 Å². The zero-order valence-electron chi connectivity index (χ0n) is 15.8. The van der Waals surface area contributed by atoms with Crippen LogP contribution >= 0.6 is 11.6 Å². The van der Waals surface area contributed by atoms with Crippen molar-refractivity contribution in [2.45, 2.75) is 12.6 Å². The summed E-state index contributed by atoms with van der Waals surface area (Å²) < 4.78 is 64.5. The summed E-state index contributed by atoms with van der Waals surface area (Å²) >= 11 is 5.74. The highest BCUT2D eigenvalue weighted by atomic mass is 35.5. The Labute approximate surface area is 176 Å².